The molecule has 2 aromatic rings. The molecule has 0 saturated heterocycles. The SMILES string of the molecule is N#CCc1cc(C(F)(F)F)c2ccccc2c1. The Hall–Kier alpha value is -2.02. The molecule has 4 heteroatoms. The third-order valence-corrected chi connectivity index (χ3v) is 2.51. The van der Waals surface area contributed by atoms with E-state index in [1.165, 1.54) is 6.07 Å². The van der Waals surface area contributed by atoms with Gasteiger partial charge in [-0.05, 0) is 22.4 Å². The molecule has 2 rings (SSSR count). The van der Waals surface area contributed by atoms with E-state index in [-0.39, 0.29) is 11.8 Å². The van der Waals surface area contributed by atoms with Gasteiger partial charge in [0.25, 0.3) is 0 Å². The fourth-order valence-corrected chi connectivity index (χ4v) is 1.80. The highest BCUT2D eigenvalue weighted by atomic mass is 19.4. The molecule has 0 unspecified atom stereocenters. The van der Waals surface area contributed by atoms with Crippen molar-refractivity contribution < 1.29 is 13.2 Å². The first kappa shape index (κ1) is 11.5. The lowest BCUT2D eigenvalue weighted by Gasteiger charge is -2.12. The molecule has 0 radical (unpaired) electrons. The molecule has 0 heterocycles. The monoisotopic (exact) mass is 235 g/mol. The van der Waals surface area contributed by atoms with Gasteiger partial charge in [0.1, 0.15) is 0 Å². The summed E-state index contributed by atoms with van der Waals surface area (Å²) in [5.41, 5.74) is -0.292. The van der Waals surface area contributed by atoms with Crippen LogP contribution in [0.5, 0.6) is 0 Å². The van der Waals surface area contributed by atoms with E-state index in [1.54, 1.807) is 24.3 Å². The minimum absolute atomic E-state index is 0.0199. The van der Waals surface area contributed by atoms with E-state index in [0.717, 1.165) is 6.07 Å². The average Bonchev–Trinajstić information content (AvgIpc) is 2.27. The van der Waals surface area contributed by atoms with Crippen molar-refractivity contribution in [1.82, 2.24) is 0 Å². The van der Waals surface area contributed by atoms with Crippen LogP contribution in [0.15, 0.2) is 36.4 Å². The molecule has 0 saturated carbocycles. The van der Waals surface area contributed by atoms with Crippen molar-refractivity contribution in [1.29, 1.82) is 5.26 Å². The number of nitrogens with zero attached hydrogens (tertiary/aromatic N) is 1. The molecule has 1 nitrogen and oxygen atoms in total. The Morgan fingerprint density at radius 2 is 1.82 bits per heavy atom. The van der Waals surface area contributed by atoms with Gasteiger partial charge in [0, 0.05) is 0 Å². The lowest BCUT2D eigenvalue weighted by molar-refractivity contribution is -0.136. The topological polar surface area (TPSA) is 23.8 Å². The van der Waals surface area contributed by atoms with E-state index in [9.17, 15) is 13.2 Å². The van der Waals surface area contributed by atoms with Crippen LogP contribution in [-0.2, 0) is 12.6 Å². The van der Waals surface area contributed by atoms with Gasteiger partial charge in [-0.15, -0.1) is 0 Å². The number of nitriles is 1. The second kappa shape index (κ2) is 4.10. The van der Waals surface area contributed by atoms with Gasteiger partial charge in [-0.3, -0.25) is 0 Å². The Bertz CT molecular complexity index is 594. The van der Waals surface area contributed by atoms with Crippen molar-refractivity contribution in [2.24, 2.45) is 0 Å². The number of fused-ring (bicyclic) bond motifs is 1. The molecule has 0 aromatic heterocycles. The minimum atomic E-state index is -4.40. The maximum absolute atomic E-state index is 12.9. The molecule has 86 valence electrons. The predicted molar refractivity (Wildman–Crippen MR) is 58.3 cm³/mol. The highest BCUT2D eigenvalue weighted by Crippen LogP contribution is 2.35. The lowest BCUT2D eigenvalue weighted by Crippen LogP contribution is -2.06. The van der Waals surface area contributed by atoms with Crippen molar-refractivity contribution in [2.45, 2.75) is 12.6 Å². The summed E-state index contributed by atoms with van der Waals surface area (Å²) in [6.07, 6.45) is -4.42. The highest BCUT2D eigenvalue weighted by Gasteiger charge is 2.32. The summed E-state index contributed by atoms with van der Waals surface area (Å²) in [4.78, 5) is 0. The van der Waals surface area contributed by atoms with E-state index in [0.29, 0.717) is 10.9 Å². The van der Waals surface area contributed by atoms with Crippen molar-refractivity contribution >= 4 is 10.8 Å². The summed E-state index contributed by atoms with van der Waals surface area (Å²) in [5, 5.41) is 9.23. The fourth-order valence-electron chi connectivity index (χ4n) is 1.80. The molecule has 0 atom stereocenters. The van der Waals surface area contributed by atoms with Crippen molar-refractivity contribution in [3.05, 3.63) is 47.5 Å². The van der Waals surface area contributed by atoms with Crippen LogP contribution in [0.2, 0.25) is 0 Å². The highest BCUT2D eigenvalue weighted by molar-refractivity contribution is 5.87. The van der Waals surface area contributed by atoms with Crippen LogP contribution < -0.4 is 0 Å². The van der Waals surface area contributed by atoms with Crippen LogP contribution in [0.3, 0.4) is 0 Å². The van der Waals surface area contributed by atoms with Gasteiger partial charge in [0.2, 0.25) is 0 Å². The van der Waals surface area contributed by atoms with E-state index in [4.69, 9.17) is 5.26 Å². The molecule has 0 N–H and O–H groups in total. The summed E-state index contributed by atoms with van der Waals surface area (Å²) < 4.78 is 38.6. The summed E-state index contributed by atoms with van der Waals surface area (Å²) in [7, 11) is 0. The maximum Gasteiger partial charge on any atom is 0.417 e. The molecule has 0 aliphatic heterocycles. The van der Waals surface area contributed by atoms with E-state index in [2.05, 4.69) is 0 Å². The van der Waals surface area contributed by atoms with Crippen LogP contribution in [0, 0.1) is 11.3 Å². The number of rotatable bonds is 1. The van der Waals surface area contributed by atoms with Crippen LogP contribution in [0.1, 0.15) is 11.1 Å². The molecule has 0 aliphatic rings. The number of hydrogen-bond acceptors (Lipinski definition) is 1. The van der Waals surface area contributed by atoms with Gasteiger partial charge < -0.3 is 0 Å². The van der Waals surface area contributed by atoms with Gasteiger partial charge in [0.15, 0.2) is 0 Å². The average molecular weight is 235 g/mol. The number of halogens is 3. The molecular weight excluding hydrogens is 227 g/mol. The van der Waals surface area contributed by atoms with Gasteiger partial charge in [0.05, 0.1) is 18.1 Å². The van der Waals surface area contributed by atoms with E-state index >= 15 is 0 Å². The van der Waals surface area contributed by atoms with Crippen molar-refractivity contribution in [2.75, 3.05) is 0 Å². The van der Waals surface area contributed by atoms with Gasteiger partial charge in [-0.25, -0.2) is 0 Å². The number of alkyl halides is 3. The summed E-state index contributed by atoms with van der Waals surface area (Å²) >= 11 is 0. The zero-order valence-electron chi connectivity index (χ0n) is 8.75. The predicted octanol–water partition coefficient (Wildman–Crippen LogP) is 3.92. The molecule has 0 fully saturated rings. The van der Waals surface area contributed by atoms with Crippen molar-refractivity contribution in [3.63, 3.8) is 0 Å². The fraction of sp³-hybridized carbons (Fsp3) is 0.154. The first-order valence-electron chi connectivity index (χ1n) is 4.98. The van der Waals surface area contributed by atoms with E-state index in [1.807, 2.05) is 6.07 Å². The number of benzene rings is 2. The Morgan fingerprint density at radius 1 is 1.12 bits per heavy atom. The largest absolute Gasteiger partial charge is 0.417 e. The zero-order valence-corrected chi connectivity index (χ0v) is 8.75. The van der Waals surface area contributed by atoms with Crippen LogP contribution >= 0.6 is 0 Å². The molecule has 2 aromatic carbocycles. The maximum atomic E-state index is 12.9. The quantitative estimate of drug-likeness (QED) is 0.734. The van der Waals surface area contributed by atoms with Crippen molar-refractivity contribution in [3.8, 4) is 6.07 Å². The Morgan fingerprint density at radius 3 is 2.47 bits per heavy atom. The molecule has 0 bridgehead atoms. The van der Waals surface area contributed by atoms with Crippen LogP contribution in [0.25, 0.3) is 10.8 Å². The molecule has 0 amide bonds. The molecule has 0 spiro atoms. The lowest BCUT2D eigenvalue weighted by atomic mass is 9.99. The summed E-state index contributed by atoms with van der Waals surface area (Å²) in [6.45, 7) is 0. The van der Waals surface area contributed by atoms with E-state index < -0.39 is 11.7 Å². The second-order valence-electron chi connectivity index (χ2n) is 3.70. The summed E-state index contributed by atoms with van der Waals surface area (Å²) in [6, 6.07) is 10.8. The first-order chi connectivity index (χ1) is 8.02. The Kier molecular flexibility index (Phi) is 2.76. The molecule has 17 heavy (non-hydrogen) atoms. The summed E-state index contributed by atoms with van der Waals surface area (Å²) in [5.74, 6) is 0. The smallest absolute Gasteiger partial charge is 0.198 e. The number of hydrogen-bond donors (Lipinski definition) is 0. The Labute approximate surface area is 96.1 Å². The first-order valence-corrected chi connectivity index (χ1v) is 4.98. The standard InChI is InChI=1S/C13H8F3N/c14-13(15,16)12-8-9(5-6-17)7-10-3-1-2-4-11(10)12/h1-4,7-8H,5H2. The molecular formula is C13H8F3N. The third kappa shape index (κ3) is 2.23. The third-order valence-electron chi connectivity index (χ3n) is 2.51. The molecule has 0 aliphatic carbocycles. The van der Waals surface area contributed by atoms with Gasteiger partial charge in [-0.2, -0.15) is 18.4 Å². The normalized spacial score (nSPS) is 11.4. The van der Waals surface area contributed by atoms with Crippen LogP contribution in [0.4, 0.5) is 13.2 Å². The zero-order chi connectivity index (χ0) is 12.5. The Balaban J connectivity index is 2.75. The van der Waals surface area contributed by atoms with Crippen LogP contribution in [-0.4, -0.2) is 0 Å². The van der Waals surface area contributed by atoms with Gasteiger partial charge in [-0.1, -0.05) is 30.3 Å². The second-order valence-corrected chi connectivity index (χ2v) is 3.70. The minimum Gasteiger partial charge on any atom is -0.198 e. The van der Waals surface area contributed by atoms with Gasteiger partial charge >= 0.3 is 6.18 Å².